The van der Waals surface area contributed by atoms with Crippen LogP contribution in [0.1, 0.15) is 169 Å². The highest BCUT2D eigenvalue weighted by Crippen LogP contribution is 2.64. The van der Waals surface area contributed by atoms with Crippen molar-refractivity contribution in [2.45, 2.75) is 177 Å². The van der Waals surface area contributed by atoms with Crippen LogP contribution in [0.4, 0.5) is 45.5 Å². The molecule has 0 aromatic heterocycles. The SMILES string of the molecule is Cc1cc2c3c(c1)N(c1ccc(C(C)(C)C)cc1-c1ccccc1)c1cc4c(cc1B3c1cc(N3c5ccc(C(C)(C)C)cc5C5(C)CC(C(C)(C)C)CCC35C)ccc1N2c1ccc(C(C)(C)C)cc1-c1ccccc1)CC(C)(C)C4. The molecule has 4 heteroatoms. The Bertz CT molecular complexity index is 3870. The molecule has 2 aliphatic carbocycles. The Morgan fingerprint density at radius 3 is 1.46 bits per heavy atom. The van der Waals surface area contributed by atoms with E-state index in [4.69, 9.17) is 0 Å². The van der Waals surface area contributed by atoms with Gasteiger partial charge in [-0.25, -0.2) is 0 Å². The third kappa shape index (κ3) is 8.56. The molecule has 1 saturated carbocycles. The van der Waals surface area contributed by atoms with Gasteiger partial charge in [0.25, 0.3) is 6.71 Å². The number of anilines is 8. The van der Waals surface area contributed by atoms with Gasteiger partial charge in [0.2, 0.25) is 0 Å². The first-order valence-corrected chi connectivity index (χ1v) is 30.9. The van der Waals surface area contributed by atoms with Gasteiger partial charge < -0.3 is 14.7 Å². The quantitative estimate of drug-likeness (QED) is 0.159. The summed E-state index contributed by atoms with van der Waals surface area (Å²) in [4.78, 5) is 8.24. The fourth-order valence-electron chi connectivity index (χ4n) is 15.8. The van der Waals surface area contributed by atoms with Crippen molar-refractivity contribution in [3.05, 3.63) is 197 Å². The first-order chi connectivity index (χ1) is 38.5. The average Bonchev–Trinajstić information content (AvgIpc) is 2.82. The van der Waals surface area contributed by atoms with Crippen molar-refractivity contribution in [3.8, 4) is 22.3 Å². The number of rotatable bonds is 5. The highest BCUT2D eigenvalue weighted by molar-refractivity contribution is 7.00. The fraction of sp³-hybridized carbons (Fsp3) is 0.385. The molecule has 0 saturated heterocycles. The van der Waals surface area contributed by atoms with Crippen molar-refractivity contribution in [2.24, 2.45) is 16.7 Å². The van der Waals surface area contributed by atoms with E-state index >= 15 is 0 Å². The Kier molecular flexibility index (Phi) is 12.2. The van der Waals surface area contributed by atoms with Gasteiger partial charge in [-0.3, -0.25) is 0 Å². The first-order valence-electron chi connectivity index (χ1n) is 30.9. The zero-order valence-electron chi connectivity index (χ0n) is 52.5. The molecule has 82 heavy (non-hydrogen) atoms. The summed E-state index contributed by atoms with van der Waals surface area (Å²) in [6, 6.07) is 62.7. The summed E-state index contributed by atoms with van der Waals surface area (Å²) < 4.78 is 0. The van der Waals surface area contributed by atoms with Gasteiger partial charge in [0.15, 0.2) is 0 Å². The van der Waals surface area contributed by atoms with Gasteiger partial charge in [0.1, 0.15) is 0 Å². The maximum Gasteiger partial charge on any atom is 0.252 e. The van der Waals surface area contributed by atoms with Crippen LogP contribution in [0.15, 0.2) is 158 Å². The monoisotopic (exact) mass is 1080 g/mol. The number of hydrogen-bond donors (Lipinski definition) is 0. The van der Waals surface area contributed by atoms with E-state index in [1.54, 1.807) is 0 Å². The molecule has 13 rings (SSSR count). The van der Waals surface area contributed by atoms with Crippen LogP contribution in [0.3, 0.4) is 0 Å². The molecule has 0 bridgehead atoms. The molecular formula is C78H88BN3. The molecule has 8 aromatic rings. The second-order valence-electron chi connectivity index (χ2n) is 31.2. The Morgan fingerprint density at radius 1 is 0.463 bits per heavy atom. The molecule has 0 radical (unpaired) electrons. The molecule has 1 fully saturated rings. The normalized spacial score (nSPS) is 20.7. The van der Waals surface area contributed by atoms with E-state index in [0.29, 0.717) is 5.92 Å². The van der Waals surface area contributed by atoms with Gasteiger partial charge in [-0.2, -0.15) is 0 Å². The van der Waals surface area contributed by atoms with Gasteiger partial charge in [-0.05, 0) is 212 Å². The van der Waals surface area contributed by atoms with Gasteiger partial charge in [0.05, 0.1) is 16.9 Å². The van der Waals surface area contributed by atoms with Crippen LogP contribution in [0.5, 0.6) is 0 Å². The maximum atomic E-state index is 2.85. The van der Waals surface area contributed by atoms with Crippen molar-refractivity contribution in [1.29, 1.82) is 0 Å². The summed E-state index contributed by atoms with van der Waals surface area (Å²) in [6.45, 7) is 41.2. The first kappa shape index (κ1) is 54.5. The van der Waals surface area contributed by atoms with Gasteiger partial charge in [-0.1, -0.05) is 195 Å². The standard InChI is InChI=1S/C78H88BN3/c1-49-38-69-71-70(39-49)81(65-33-29-55(73(5,6)7)43-60(65)51-26-22-19-23-27-51)68-41-53-47-76(14,15)46-52(53)40-62(68)79(71)63-45-58(31-35-67(63)80(69)64-32-28-54(72(2,3)4)42-59(64)50-24-20-18-21-25-50)82-66-34-30-56(74(8,9)10)44-61(66)77(16)48-57(75(11,12)13)36-37-78(77,82)17/h18-35,38-45,57H,36-37,46-48H2,1-17H3. The second kappa shape index (κ2) is 18.4. The molecular weight excluding hydrogens is 990 g/mol. The van der Waals surface area contributed by atoms with Crippen molar-refractivity contribution < 1.29 is 0 Å². The number of nitrogens with zero attached hydrogens (tertiary/aromatic N) is 3. The zero-order valence-corrected chi connectivity index (χ0v) is 52.5. The highest BCUT2D eigenvalue weighted by atomic mass is 15.3. The molecule has 3 nitrogen and oxygen atoms in total. The Morgan fingerprint density at radius 2 is 0.939 bits per heavy atom. The van der Waals surface area contributed by atoms with Crippen LogP contribution in [-0.4, -0.2) is 12.3 Å². The van der Waals surface area contributed by atoms with Crippen LogP contribution >= 0.6 is 0 Å². The summed E-state index contributed by atoms with van der Waals surface area (Å²) in [5.74, 6) is 0.621. The van der Waals surface area contributed by atoms with Crippen LogP contribution in [0.2, 0.25) is 0 Å². The van der Waals surface area contributed by atoms with E-state index in [0.717, 1.165) is 19.3 Å². The Balaban J connectivity index is 1.13. The van der Waals surface area contributed by atoms with Gasteiger partial charge in [0, 0.05) is 50.7 Å². The summed E-state index contributed by atoms with van der Waals surface area (Å²) in [6.07, 6.45) is 5.64. The number of aryl methyl sites for hydroxylation is 1. The predicted molar refractivity (Wildman–Crippen MR) is 354 cm³/mol. The largest absolute Gasteiger partial charge is 0.334 e. The lowest BCUT2D eigenvalue weighted by molar-refractivity contribution is 0.0786. The van der Waals surface area contributed by atoms with E-state index in [2.05, 4.69) is 290 Å². The third-order valence-electron chi connectivity index (χ3n) is 20.7. The van der Waals surface area contributed by atoms with E-state index < -0.39 is 0 Å². The molecule has 418 valence electrons. The summed E-state index contributed by atoms with van der Waals surface area (Å²) in [7, 11) is 0. The summed E-state index contributed by atoms with van der Waals surface area (Å²) >= 11 is 0. The number of benzene rings is 8. The van der Waals surface area contributed by atoms with Crippen molar-refractivity contribution in [2.75, 3.05) is 14.7 Å². The summed E-state index contributed by atoms with van der Waals surface area (Å²) in [5.41, 5.74) is 29.2. The van der Waals surface area contributed by atoms with Crippen LogP contribution in [0, 0.1) is 23.7 Å². The lowest BCUT2D eigenvalue weighted by Crippen LogP contribution is -2.62. The molecule has 3 unspecified atom stereocenters. The average molecular weight is 1080 g/mol. The predicted octanol–water partition coefficient (Wildman–Crippen LogP) is 19.4. The van der Waals surface area contributed by atoms with Crippen molar-refractivity contribution in [1.82, 2.24) is 0 Å². The van der Waals surface area contributed by atoms with Crippen molar-refractivity contribution in [3.63, 3.8) is 0 Å². The van der Waals surface area contributed by atoms with E-state index in [1.807, 2.05) is 0 Å². The minimum absolute atomic E-state index is 0.0316. The zero-order chi connectivity index (χ0) is 58.0. The van der Waals surface area contributed by atoms with Crippen LogP contribution < -0.4 is 31.1 Å². The van der Waals surface area contributed by atoms with Crippen LogP contribution in [-0.2, 0) is 34.5 Å². The minimum Gasteiger partial charge on any atom is -0.334 e. The molecule has 0 N–H and O–H groups in total. The molecule has 0 spiro atoms. The molecule has 5 aliphatic rings. The lowest BCUT2D eigenvalue weighted by Gasteiger charge is -2.54. The van der Waals surface area contributed by atoms with Crippen molar-refractivity contribution >= 4 is 68.6 Å². The minimum atomic E-state index is -0.152. The number of hydrogen-bond acceptors (Lipinski definition) is 3. The Labute approximate surface area is 493 Å². The van der Waals surface area contributed by atoms with Gasteiger partial charge in [-0.15, -0.1) is 0 Å². The second-order valence-corrected chi connectivity index (χ2v) is 31.2. The molecule has 3 heterocycles. The van der Waals surface area contributed by atoms with E-state index in [9.17, 15) is 0 Å². The molecule has 3 aliphatic heterocycles. The third-order valence-corrected chi connectivity index (χ3v) is 20.7. The van der Waals surface area contributed by atoms with Crippen LogP contribution in [0.25, 0.3) is 22.3 Å². The highest BCUT2D eigenvalue weighted by Gasteiger charge is 2.61. The molecule has 0 amide bonds. The molecule has 8 aromatic carbocycles. The lowest BCUT2D eigenvalue weighted by atomic mass is 9.33. The molecule has 3 atom stereocenters. The fourth-order valence-corrected chi connectivity index (χ4v) is 15.8. The van der Waals surface area contributed by atoms with E-state index in [-0.39, 0.29) is 44.7 Å². The summed E-state index contributed by atoms with van der Waals surface area (Å²) in [5, 5.41) is 0. The topological polar surface area (TPSA) is 9.72 Å². The number of fused-ring (bicyclic) bond motifs is 8. The van der Waals surface area contributed by atoms with Gasteiger partial charge >= 0.3 is 0 Å². The maximum absolute atomic E-state index is 2.85. The smallest absolute Gasteiger partial charge is 0.252 e. The Hall–Kier alpha value is -6.78. The van der Waals surface area contributed by atoms with E-state index in [1.165, 1.54) is 136 Å².